The van der Waals surface area contributed by atoms with E-state index >= 15 is 0 Å². The van der Waals surface area contributed by atoms with Crippen LogP contribution in [0.2, 0.25) is 0 Å². The number of nitrogens with one attached hydrogen (secondary N) is 1. The molecular weight excluding hydrogens is 268 g/mol. The average molecular weight is 281 g/mol. The predicted octanol–water partition coefficient (Wildman–Crippen LogP) is 3.23. The quantitative estimate of drug-likeness (QED) is 0.872. The van der Waals surface area contributed by atoms with Crippen molar-refractivity contribution in [3.8, 4) is 11.3 Å². The third-order valence-electron chi connectivity index (χ3n) is 1.82. The zero-order valence-corrected chi connectivity index (χ0v) is 10.8. The van der Waals surface area contributed by atoms with Crippen LogP contribution < -0.4 is 5.56 Å². The average Bonchev–Trinajstić information content (AvgIpc) is 2.36. The van der Waals surface area contributed by atoms with Gasteiger partial charge >= 0.3 is 0 Å². The molecule has 16 heavy (non-hydrogen) atoms. The van der Waals surface area contributed by atoms with E-state index in [-0.39, 0.29) is 5.56 Å². The monoisotopic (exact) mass is 280 g/mol. The number of H-pyrrole nitrogens is 1. The Hall–Kier alpha value is -1.42. The van der Waals surface area contributed by atoms with Crippen LogP contribution in [0.4, 0.5) is 0 Å². The molecule has 1 N–H and O–H groups in total. The van der Waals surface area contributed by atoms with Gasteiger partial charge in [0, 0.05) is 11.8 Å². The third-order valence-corrected chi connectivity index (χ3v) is 2.35. The first kappa shape index (κ1) is 12.6. The zero-order chi connectivity index (χ0) is 12.0. The summed E-state index contributed by atoms with van der Waals surface area (Å²) in [6, 6.07) is 9.66. The molecule has 0 saturated carbocycles. The number of halogens is 1. The Morgan fingerprint density at radius 2 is 1.81 bits per heavy atom. The summed E-state index contributed by atoms with van der Waals surface area (Å²) in [6.07, 6.45) is 1.60. The molecule has 1 aromatic carbocycles. The molecule has 0 bridgehead atoms. The topological polar surface area (TPSA) is 45.8 Å². The Kier molecular flexibility index (Phi) is 4.92. The normalized spacial score (nSPS) is 9.19. The Labute approximate surface area is 103 Å². The lowest BCUT2D eigenvalue weighted by Gasteiger charge is -1.99. The third kappa shape index (κ3) is 3.03. The Bertz CT molecular complexity index is 494. The van der Waals surface area contributed by atoms with Crippen molar-refractivity contribution in [2.24, 2.45) is 0 Å². The largest absolute Gasteiger partial charge is 0.325 e. The molecule has 1 heterocycles. The number of benzene rings is 1. The van der Waals surface area contributed by atoms with Gasteiger partial charge in [-0.1, -0.05) is 44.2 Å². The van der Waals surface area contributed by atoms with E-state index in [1.165, 1.54) is 0 Å². The SMILES string of the molecule is CC.O=c1[nH]cc(-c2ccccc2)nc1Br. The molecule has 0 aliphatic heterocycles. The van der Waals surface area contributed by atoms with Gasteiger partial charge in [-0.05, 0) is 15.9 Å². The van der Waals surface area contributed by atoms with Gasteiger partial charge in [-0.3, -0.25) is 4.79 Å². The molecule has 4 heteroatoms. The lowest BCUT2D eigenvalue weighted by Crippen LogP contribution is -2.08. The molecule has 2 rings (SSSR count). The molecule has 0 radical (unpaired) electrons. The van der Waals surface area contributed by atoms with E-state index in [0.29, 0.717) is 4.60 Å². The molecule has 0 unspecified atom stereocenters. The van der Waals surface area contributed by atoms with Gasteiger partial charge < -0.3 is 4.98 Å². The highest BCUT2D eigenvalue weighted by atomic mass is 79.9. The summed E-state index contributed by atoms with van der Waals surface area (Å²) >= 11 is 3.09. The standard InChI is InChI=1S/C10H7BrN2O.C2H6/c11-9-10(14)12-6-8(13-9)7-4-2-1-3-5-7;1-2/h1-6H,(H,12,14);1-2H3. The van der Waals surface area contributed by atoms with Crippen molar-refractivity contribution in [2.45, 2.75) is 13.8 Å². The predicted molar refractivity (Wildman–Crippen MR) is 69.3 cm³/mol. The van der Waals surface area contributed by atoms with Gasteiger partial charge in [0.15, 0.2) is 4.60 Å². The van der Waals surface area contributed by atoms with Crippen LogP contribution in [0.1, 0.15) is 13.8 Å². The van der Waals surface area contributed by atoms with E-state index in [0.717, 1.165) is 11.3 Å². The Balaban J connectivity index is 0.000000606. The summed E-state index contributed by atoms with van der Waals surface area (Å²) < 4.78 is 0.304. The van der Waals surface area contributed by atoms with Crippen molar-refractivity contribution in [2.75, 3.05) is 0 Å². The summed E-state index contributed by atoms with van der Waals surface area (Å²) in [7, 11) is 0. The van der Waals surface area contributed by atoms with E-state index in [1.807, 2.05) is 44.2 Å². The van der Waals surface area contributed by atoms with Crippen LogP contribution in [0.25, 0.3) is 11.3 Å². The number of hydrogen-bond acceptors (Lipinski definition) is 2. The minimum absolute atomic E-state index is 0.218. The first-order chi connectivity index (χ1) is 7.77. The molecule has 1 aromatic heterocycles. The highest BCUT2D eigenvalue weighted by Gasteiger charge is 2.01. The van der Waals surface area contributed by atoms with E-state index in [1.54, 1.807) is 6.20 Å². The molecule has 2 aromatic rings. The van der Waals surface area contributed by atoms with E-state index in [4.69, 9.17) is 0 Å². The van der Waals surface area contributed by atoms with Crippen LogP contribution in [0, 0.1) is 0 Å². The molecule has 0 spiro atoms. The van der Waals surface area contributed by atoms with Crippen molar-refractivity contribution >= 4 is 15.9 Å². The minimum atomic E-state index is -0.218. The van der Waals surface area contributed by atoms with Gasteiger partial charge in [0.2, 0.25) is 0 Å². The zero-order valence-electron chi connectivity index (χ0n) is 9.20. The first-order valence-electron chi connectivity index (χ1n) is 5.08. The van der Waals surface area contributed by atoms with Crippen molar-refractivity contribution in [3.05, 3.63) is 51.5 Å². The maximum Gasteiger partial charge on any atom is 0.281 e. The second-order valence-corrected chi connectivity index (χ2v) is 3.52. The molecule has 3 nitrogen and oxygen atoms in total. The lowest BCUT2D eigenvalue weighted by atomic mass is 10.2. The van der Waals surface area contributed by atoms with Crippen LogP contribution in [-0.4, -0.2) is 9.97 Å². The van der Waals surface area contributed by atoms with E-state index in [2.05, 4.69) is 25.9 Å². The van der Waals surface area contributed by atoms with Crippen molar-refractivity contribution in [1.29, 1.82) is 0 Å². The fraction of sp³-hybridized carbons (Fsp3) is 0.167. The highest BCUT2D eigenvalue weighted by molar-refractivity contribution is 9.10. The number of aromatic nitrogens is 2. The van der Waals surface area contributed by atoms with Crippen LogP contribution >= 0.6 is 15.9 Å². The van der Waals surface area contributed by atoms with Gasteiger partial charge in [0.25, 0.3) is 5.56 Å². The number of rotatable bonds is 1. The van der Waals surface area contributed by atoms with E-state index < -0.39 is 0 Å². The number of nitrogens with zero attached hydrogens (tertiary/aromatic N) is 1. The molecule has 0 amide bonds. The smallest absolute Gasteiger partial charge is 0.281 e. The number of aromatic amines is 1. The van der Waals surface area contributed by atoms with Crippen LogP contribution in [-0.2, 0) is 0 Å². The Morgan fingerprint density at radius 1 is 1.19 bits per heavy atom. The first-order valence-corrected chi connectivity index (χ1v) is 5.87. The van der Waals surface area contributed by atoms with Crippen LogP contribution in [0.3, 0.4) is 0 Å². The number of hydrogen-bond donors (Lipinski definition) is 1. The van der Waals surface area contributed by atoms with Gasteiger partial charge in [-0.15, -0.1) is 0 Å². The summed E-state index contributed by atoms with van der Waals surface area (Å²) in [5.74, 6) is 0. The summed E-state index contributed by atoms with van der Waals surface area (Å²) in [6.45, 7) is 4.00. The summed E-state index contributed by atoms with van der Waals surface area (Å²) in [4.78, 5) is 17.8. The van der Waals surface area contributed by atoms with Crippen molar-refractivity contribution in [1.82, 2.24) is 9.97 Å². The molecule has 0 fully saturated rings. The van der Waals surface area contributed by atoms with Crippen molar-refractivity contribution < 1.29 is 0 Å². The molecular formula is C12H13BrN2O. The van der Waals surface area contributed by atoms with Crippen LogP contribution in [0.5, 0.6) is 0 Å². The van der Waals surface area contributed by atoms with Crippen LogP contribution in [0.15, 0.2) is 45.9 Å². The Morgan fingerprint density at radius 3 is 2.38 bits per heavy atom. The van der Waals surface area contributed by atoms with Crippen molar-refractivity contribution in [3.63, 3.8) is 0 Å². The maximum absolute atomic E-state index is 11.0. The molecule has 0 aliphatic rings. The molecule has 0 atom stereocenters. The molecule has 0 saturated heterocycles. The fourth-order valence-electron chi connectivity index (χ4n) is 1.14. The fourth-order valence-corrected chi connectivity index (χ4v) is 1.44. The van der Waals surface area contributed by atoms with Gasteiger partial charge in [-0.25, -0.2) is 4.98 Å². The van der Waals surface area contributed by atoms with E-state index in [9.17, 15) is 4.79 Å². The lowest BCUT2D eigenvalue weighted by molar-refractivity contribution is 1.11. The van der Waals surface area contributed by atoms with Gasteiger partial charge in [0.05, 0.1) is 5.69 Å². The minimum Gasteiger partial charge on any atom is -0.325 e. The second kappa shape index (κ2) is 6.23. The summed E-state index contributed by atoms with van der Waals surface area (Å²) in [5.41, 5.74) is 1.51. The summed E-state index contributed by atoms with van der Waals surface area (Å²) in [5, 5.41) is 0. The second-order valence-electron chi connectivity index (χ2n) is 2.77. The molecule has 84 valence electrons. The van der Waals surface area contributed by atoms with Gasteiger partial charge in [-0.2, -0.15) is 0 Å². The highest BCUT2D eigenvalue weighted by Crippen LogP contribution is 2.15. The maximum atomic E-state index is 11.0. The molecule has 0 aliphatic carbocycles. The van der Waals surface area contributed by atoms with Gasteiger partial charge in [0.1, 0.15) is 0 Å².